The fourth-order valence-corrected chi connectivity index (χ4v) is 4.29. The predicted molar refractivity (Wildman–Crippen MR) is 102 cm³/mol. The highest BCUT2D eigenvalue weighted by Crippen LogP contribution is 2.46. The first-order chi connectivity index (χ1) is 14.4. The van der Waals surface area contributed by atoms with E-state index in [0.717, 1.165) is 7.11 Å². The van der Waals surface area contributed by atoms with Gasteiger partial charge in [0.05, 0.1) is 32.4 Å². The second-order valence-electron chi connectivity index (χ2n) is 6.14. The van der Waals surface area contributed by atoms with E-state index in [1.54, 1.807) is 0 Å². The van der Waals surface area contributed by atoms with Gasteiger partial charge in [-0.1, -0.05) is 7.43 Å². The summed E-state index contributed by atoms with van der Waals surface area (Å²) >= 11 is 0. The maximum Gasteiger partial charge on any atom is 0.268 e. The maximum absolute atomic E-state index is 14.1. The summed E-state index contributed by atoms with van der Waals surface area (Å²) in [5.74, 6) is 0. The Labute approximate surface area is 187 Å². The van der Waals surface area contributed by atoms with Gasteiger partial charge >= 0.3 is 0 Å². The fraction of sp³-hybridized carbons (Fsp3) is 1.00. The smallest absolute Gasteiger partial charge is 0.268 e. The number of rotatable bonds is 10. The van der Waals surface area contributed by atoms with Crippen LogP contribution in [0, 0.1) is 0 Å². The van der Waals surface area contributed by atoms with Crippen LogP contribution in [0.5, 0.6) is 0 Å². The van der Waals surface area contributed by atoms with Crippen LogP contribution in [-0.4, -0.2) is 99.1 Å². The van der Waals surface area contributed by atoms with Gasteiger partial charge in [0.2, 0.25) is 0 Å². The minimum Gasteiger partial charge on any atom is -0.756 e. The van der Waals surface area contributed by atoms with Crippen LogP contribution >= 0.6 is 15.6 Å². The van der Waals surface area contributed by atoms with Crippen LogP contribution in [0.25, 0.3) is 0 Å². The third-order valence-corrected chi connectivity index (χ3v) is 6.02. The lowest BCUT2D eigenvalue weighted by Crippen LogP contribution is -2.37. The summed E-state index contributed by atoms with van der Waals surface area (Å²) in [4.78, 5) is 23.5. The number of alkyl halides is 3. The van der Waals surface area contributed by atoms with E-state index in [1.807, 2.05) is 0 Å². The molecule has 2 aliphatic heterocycles. The van der Waals surface area contributed by atoms with Gasteiger partial charge in [0, 0.05) is 14.2 Å². The van der Waals surface area contributed by atoms with Crippen molar-refractivity contribution in [1.29, 1.82) is 0 Å². The van der Waals surface area contributed by atoms with E-state index in [0.29, 0.717) is 7.18 Å². The Bertz CT molecular complexity index is 655. The summed E-state index contributed by atoms with van der Waals surface area (Å²) in [5.41, 5.74) is 0. The first-order valence-corrected chi connectivity index (χ1v) is 11.5. The minimum absolute atomic E-state index is 0. The van der Waals surface area contributed by atoms with E-state index in [9.17, 15) is 32.1 Å². The molecule has 0 aromatic rings. The molecular formula is C14H25B2F3O11P2-2. The molecule has 0 aromatic carbocycles. The topological polar surface area (TPSA) is 145 Å². The molecule has 2 heterocycles. The number of halogens is 3. The number of ether oxygens (including phenoxy) is 3. The number of hydrogen-bond donors (Lipinski definition) is 0. The van der Waals surface area contributed by atoms with Crippen molar-refractivity contribution in [1.82, 2.24) is 0 Å². The average molecular weight is 510 g/mol. The number of phosphoric ester groups is 2. The standard InChI is InChI=1S/C12H20B2F2O11P2.CH3F.CH4/c1-21-3-5-9(7(15)11(13)24-5)27-29(19,20)23-4-6-10(8(16)12(14)25-6)26-28(17,18)22-2;1-2;/h5-12H,3-4H2,1-2H3,(H,17,18)(H,19,20);1H3;1H4/p-2/t5-,6-,7+,8+,9?,10?,11-,12-;;/m1../s1. The second kappa shape index (κ2) is 13.8. The molecule has 4 radical (unpaired) electrons. The van der Waals surface area contributed by atoms with Gasteiger partial charge in [-0.05, 0) is 0 Å². The van der Waals surface area contributed by atoms with Gasteiger partial charge in [0.25, 0.3) is 15.6 Å². The molecule has 32 heavy (non-hydrogen) atoms. The molecule has 0 bridgehead atoms. The molecule has 11 nitrogen and oxygen atoms in total. The van der Waals surface area contributed by atoms with Crippen LogP contribution in [0.2, 0.25) is 0 Å². The molecule has 0 aromatic heterocycles. The zero-order valence-electron chi connectivity index (χ0n) is 16.7. The molecule has 10 atom stereocenters. The Hall–Kier alpha value is 0.0199. The maximum atomic E-state index is 14.1. The van der Waals surface area contributed by atoms with E-state index in [-0.39, 0.29) is 14.0 Å². The Morgan fingerprint density at radius 3 is 1.69 bits per heavy atom. The summed E-state index contributed by atoms with van der Waals surface area (Å²) in [5, 5.41) is 0. The van der Waals surface area contributed by atoms with Crippen molar-refractivity contribution in [2.75, 3.05) is 34.6 Å². The van der Waals surface area contributed by atoms with Crippen molar-refractivity contribution in [2.24, 2.45) is 0 Å². The molecule has 4 unspecified atom stereocenters. The van der Waals surface area contributed by atoms with Crippen molar-refractivity contribution < 1.29 is 64.4 Å². The lowest BCUT2D eigenvalue weighted by molar-refractivity contribution is -0.237. The highest BCUT2D eigenvalue weighted by atomic mass is 31.2. The molecule has 0 saturated carbocycles. The van der Waals surface area contributed by atoms with Crippen molar-refractivity contribution in [3.63, 3.8) is 0 Å². The molecule has 2 saturated heterocycles. The predicted octanol–water partition coefficient (Wildman–Crippen LogP) is -0.312. The fourth-order valence-electron chi connectivity index (χ4n) is 2.71. The van der Waals surface area contributed by atoms with Gasteiger partial charge in [-0.15, -0.1) is 0 Å². The van der Waals surface area contributed by atoms with E-state index in [1.165, 1.54) is 7.11 Å². The summed E-state index contributed by atoms with van der Waals surface area (Å²) in [6.07, 6.45) is -10.3. The molecule has 2 aliphatic rings. The number of hydrogen-bond acceptors (Lipinski definition) is 11. The van der Waals surface area contributed by atoms with Crippen LogP contribution in [0.1, 0.15) is 7.43 Å². The number of methoxy groups -OCH3 is 1. The van der Waals surface area contributed by atoms with Gasteiger partial charge in [-0.3, -0.25) is 13.5 Å². The third kappa shape index (κ3) is 8.66. The highest BCUT2D eigenvalue weighted by Gasteiger charge is 2.47. The van der Waals surface area contributed by atoms with Crippen LogP contribution < -0.4 is 9.79 Å². The minimum atomic E-state index is -5.20. The Morgan fingerprint density at radius 1 is 0.875 bits per heavy atom. The van der Waals surface area contributed by atoms with Gasteiger partial charge in [-0.2, -0.15) is 0 Å². The average Bonchev–Trinajstić information content (AvgIpc) is 3.12. The van der Waals surface area contributed by atoms with Crippen molar-refractivity contribution >= 4 is 31.3 Å². The Balaban J connectivity index is 0.00000311. The highest BCUT2D eigenvalue weighted by molar-refractivity contribution is 7.46. The molecule has 0 N–H and O–H groups in total. The van der Waals surface area contributed by atoms with E-state index < -0.39 is 71.0 Å². The zero-order valence-corrected chi connectivity index (χ0v) is 18.5. The van der Waals surface area contributed by atoms with E-state index in [4.69, 9.17) is 29.9 Å². The lowest BCUT2D eigenvalue weighted by Gasteiger charge is -2.31. The van der Waals surface area contributed by atoms with Gasteiger partial charge in [-0.25, -0.2) is 8.78 Å². The summed E-state index contributed by atoms with van der Waals surface area (Å²) < 4.78 is 93.7. The van der Waals surface area contributed by atoms with Crippen molar-refractivity contribution in [3.8, 4) is 0 Å². The molecule has 186 valence electrons. The van der Waals surface area contributed by atoms with Crippen molar-refractivity contribution in [2.45, 2.75) is 56.2 Å². The summed E-state index contributed by atoms with van der Waals surface area (Å²) in [6.45, 7) is -1.15. The largest absolute Gasteiger partial charge is 0.756 e. The summed E-state index contributed by atoms with van der Waals surface area (Å²) in [7, 11) is 3.17. The van der Waals surface area contributed by atoms with Crippen molar-refractivity contribution in [3.05, 3.63) is 0 Å². The van der Waals surface area contributed by atoms with Gasteiger partial charge in [0.1, 0.15) is 52.5 Å². The molecule has 0 amide bonds. The normalized spacial score (nSPS) is 38.1. The first kappa shape index (κ1) is 32.0. The molecule has 2 rings (SSSR count). The summed E-state index contributed by atoms with van der Waals surface area (Å²) in [6, 6.07) is -3.05. The van der Waals surface area contributed by atoms with E-state index >= 15 is 0 Å². The second-order valence-corrected chi connectivity index (χ2v) is 8.97. The molecule has 0 spiro atoms. The third-order valence-electron chi connectivity index (χ3n) is 4.11. The quantitative estimate of drug-likeness (QED) is 0.282. The first-order valence-electron chi connectivity index (χ1n) is 8.57. The van der Waals surface area contributed by atoms with E-state index in [2.05, 4.69) is 18.1 Å². The van der Waals surface area contributed by atoms with Crippen LogP contribution in [0.4, 0.5) is 13.2 Å². The van der Waals surface area contributed by atoms with Crippen LogP contribution in [0.15, 0.2) is 0 Å². The number of phosphoric acid groups is 2. The Kier molecular flexibility index (Phi) is 13.8. The van der Waals surface area contributed by atoms with Crippen LogP contribution in [-0.2, 0) is 41.4 Å². The monoisotopic (exact) mass is 510 g/mol. The van der Waals surface area contributed by atoms with Gasteiger partial charge in [0.15, 0.2) is 0 Å². The van der Waals surface area contributed by atoms with Gasteiger partial charge < -0.3 is 42.1 Å². The zero-order chi connectivity index (χ0) is 24.0. The molecular weight excluding hydrogens is 485 g/mol. The molecule has 0 aliphatic carbocycles. The molecule has 18 heteroatoms. The Morgan fingerprint density at radius 2 is 1.28 bits per heavy atom. The lowest BCUT2D eigenvalue weighted by atomic mass is 9.94. The molecule has 2 fully saturated rings. The van der Waals surface area contributed by atoms with Crippen LogP contribution in [0.3, 0.4) is 0 Å². The SMILES string of the molecule is C.CF.[B][C@@H]1O[C@H](COP(=O)([O-])OC2[C@@H](COC)O[C@@H]([B])[C@H]2F)C(OP(=O)([O-])OC)[C@@H]1F.